The molecule has 1 aromatic rings. The van der Waals surface area contributed by atoms with E-state index in [4.69, 9.17) is 4.74 Å². The summed E-state index contributed by atoms with van der Waals surface area (Å²) in [6, 6.07) is 0. The molecule has 0 saturated heterocycles. The third kappa shape index (κ3) is 2.87. The second-order valence-corrected chi connectivity index (χ2v) is 7.02. The highest BCUT2D eigenvalue weighted by Gasteiger charge is 2.32. The summed E-state index contributed by atoms with van der Waals surface area (Å²) in [7, 11) is 0. The summed E-state index contributed by atoms with van der Waals surface area (Å²) in [6.07, 6.45) is 3.04. The van der Waals surface area contributed by atoms with Gasteiger partial charge in [0.2, 0.25) is 0 Å². The predicted molar refractivity (Wildman–Crippen MR) is 80.8 cm³/mol. The van der Waals surface area contributed by atoms with Gasteiger partial charge in [-0.2, -0.15) is 5.10 Å². The average Bonchev–Trinajstić information content (AvgIpc) is 2.68. The van der Waals surface area contributed by atoms with Gasteiger partial charge in [-0.3, -0.25) is 9.48 Å². The fraction of sp³-hybridized carbons (Fsp3) is 0.688. The van der Waals surface area contributed by atoms with Gasteiger partial charge in [0, 0.05) is 13.0 Å². The molecule has 1 aliphatic carbocycles. The number of carbonyl (C=O) groups is 2. The first-order chi connectivity index (χ1) is 10.3. The summed E-state index contributed by atoms with van der Waals surface area (Å²) in [6.45, 7) is 7.16. The largest absolute Gasteiger partial charge is 0.444 e. The fourth-order valence-electron chi connectivity index (χ4n) is 3.05. The minimum Gasteiger partial charge on any atom is -0.444 e. The van der Waals surface area contributed by atoms with Crippen molar-refractivity contribution >= 4 is 11.9 Å². The molecular weight excluding hydrogens is 282 g/mol. The van der Waals surface area contributed by atoms with Crippen molar-refractivity contribution < 1.29 is 14.3 Å². The molecule has 0 bridgehead atoms. The molecule has 0 unspecified atom stereocenters. The fourth-order valence-corrected chi connectivity index (χ4v) is 3.05. The summed E-state index contributed by atoms with van der Waals surface area (Å²) in [4.78, 5) is 26.3. The van der Waals surface area contributed by atoms with E-state index >= 15 is 0 Å². The van der Waals surface area contributed by atoms with Gasteiger partial charge in [-0.25, -0.2) is 4.79 Å². The van der Waals surface area contributed by atoms with E-state index in [1.165, 1.54) is 0 Å². The van der Waals surface area contributed by atoms with Gasteiger partial charge in [0.05, 0.1) is 30.0 Å². The smallest absolute Gasteiger partial charge is 0.410 e. The van der Waals surface area contributed by atoms with E-state index in [9.17, 15) is 9.59 Å². The van der Waals surface area contributed by atoms with Crippen molar-refractivity contribution in [3.63, 3.8) is 0 Å². The lowest BCUT2D eigenvalue weighted by atomic mass is 10.1. The van der Waals surface area contributed by atoms with Gasteiger partial charge in [0.15, 0.2) is 5.78 Å². The van der Waals surface area contributed by atoms with Crippen LogP contribution in [0, 0.1) is 0 Å². The molecule has 1 aromatic heterocycles. The van der Waals surface area contributed by atoms with Crippen LogP contribution >= 0.6 is 0 Å². The Morgan fingerprint density at radius 3 is 2.64 bits per heavy atom. The topological polar surface area (TPSA) is 64.4 Å². The van der Waals surface area contributed by atoms with Gasteiger partial charge in [-0.05, 0) is 40.0 Å². The normalized spacial score (nSPS) is 18.5. The van der Waals surface area contributed by atoms with E-state index in [1.54, 1.807) is 4.90 Å². The SMILES string of the molecule is CC(C)(C)OC(=O)N1CCn2nc3c(c2C1)C(=O)CCCC3. The van der Waals surface area contributed by atoms with E-state index < -0.39 is 5.60 Å². The Morgan fingerprint density at radius 2 is 1.91 bits per heavy atom. The summed E-state index contributed by atoms with van der Waals surface area (Å²) >= 11 is 0. The number of ketones is 1. The van der Waals surface area contributed by atoms with Crippen molar-refractivity contribution in [1.82, 2.24) is 14.7 Å². The third-order valence-electron chi connectivity index (χ3n) is 4.05. The van der Waals surface area contributed by atoms with E-state index in [1.807, 2.05) is 25.5 Å². The number of ether oxygens (including phenoxy) is 1. The zero-order valence-electron chi connectivity index (χ0n) is 13.5. The van der Waals surface area contributed by atoms with Crippen molar-refractivity contribution in [3.05, 3.63) is 17.0 Å². The molecular formula is C16H23N3O3. The van der Waals surface area contributed by atoms with Gasteiger partial charge in [0.25, 0.3) is 0 Å². The maximum Gasteiger partial charge on any atom is 0.410 e. The Hall–Kier alpha value is -1.85. The number of aromatic nitrogens is 2. The minimum atomic E-state index is -0.512. The molecule has 0 aromatic carbocycles. The first-order valence-corrected chi connectivity index (χ1v) is 7.95. The van der Waals surface area contributed by atoms with Crippen LogP contribution in [0.3, 0.4) is 0 Å². The molecule has 0 radical (unpaired) electrons. The van der Waals surface area contributed by atoms with Crippen LogP contribution in [0.2, 0.25) is 0 Å². The maximum atomic E-state index is 12.4. The summed E-state index contributed by atoms with van der Waals surface area (Å²) in [5.41, 5.74) is 2.02. The summed E-state index contributed by atoms with van der Waals surface area (Å²) in [5.74, 6) is 0.166. The molecule has 1 aliphatic heterocycles. The summed E-state index contributed by atoms with van der Waals surface area (Å²) < 4.78 is 7.33. The highest BCUT2D eigenvalue weighted by atomic mass is 16.6. The first-order valence-electron chi connectivity index (χ1n) is 7.95. The number of rotatable bonds is 0. The van der Waals surface area contributed by atoms with Gasteiger partial charge in [-0.1, -0.05) is 0 Å². The molecule has 2 aliphatic rings. The lowest BCUT2D eigenvalue weighted by molar-refractivity contribution is 0.0193. The molecule has 6 heteroatoms. The van der Waals surface area contributed by atoms with Gasteiger partial charge >= 0.3 is 6.09 Å². The molecule has 0 spiro atoms. The molecule has 2 heterocycles. The van der Waals surface area contributed by atoms with Crippen LogP contribution in [0.25, 0.3) is 0 Å². The monoisotopic (exact) mass is 305 g/mol. The Bertz CT molecular complexity index is 613. The van der Waals surface area contributed by atoms with Crippen molar-refractivity contribution in [2.75, 3.05) is 6.54 Å². The molecule has 6 nitrogen and oxygen atoms in total. The Balaban J connectivity index is 1.85. The quantitative estimate of drug-likeness (QED) is 0.691. The Morgan fingerprint density at radius 1 is 1.18 bits per heavy atom. The summed E-state index contributed by atoms with van der Waals surface area (Å²) in [5, 5.41) is 4.59. The molecule has 120 valence electrons. The number of aryl methyl sites for hydroxylation is 1. The lowest BCUT2D eigenvalue weighted by Crippen LogP contribution is -2.42. The van der Waals surface area contributed by atoms with E-state index in [2.05, 4.69) is 5.10 Å². The lowest BCUT2D eigenvalue weighted by Gasteiger charge is -2.30. The molecule has 22 heavy (non-hydrogen) atoms. The molecule has 3 rings (SSSR count). The molecule has 1 amide bonds. The van der Waals surface area contributed by atoms with E-state index in [0.717, 1.165) is 36.2 Å². The number of Topliss-reactive ketones (excluding diaryl/α,β-unsaturated/α-hetero) is 1. The van der Waals surface area contributed by atoms with Crippen LogP contribution in [-0.2, 0) is 24.2 Å². The Labute approximate surface area is 130 Å². The van der Waals surface area contributed by atoms with Gasteiger partial charge in [0.1, 0.15) is 5.60 Å². The van der Waals surface area contributed by atoms with Crippen LogP contribution < -0.4 is 0 Å². The first kappa shape index (κ1) is 15.1. The minimum absolute atomic E-state index is 0.166. The molecule has 0 saturated carbocycles. The number of fused-ring (bicyclic) bond motifs is 3. The number of amides is 1. The highest BCUT2D eigenvalue weighted by Crippen LogP contribution is 2.27. The second kappa shape index (κ2) is 5.41. The van der Waals surface area contributed by atoms with Crippen LogP contribution in [0.15, 0.2) is 0 Å². The van der Waals surface area contributed by atoms with Crippen molar-refractivity contribution in [1.29, 1.82) is 0 Å². The zero-order chi connectivity index (χ0) is 15.9. The number of carbonyl (C=O) groups excluding carboxylic acids is 2. The zero-order valence-corrected chi connectivity index (χ0v) is 13.5. The maximum absolute atomic E-state index is 12.4. The highest BCUT2D eigenvalue weighted by molar-refractivity contribution is 5.98. The van der Waals surface area contributed by atoms with Crippen LogP contribution in [0.1, 0.15) is 61.8 Å². The number of hydrogen-bond acceptors (Lipinski definition) is 4. The number of nitrogens with zero attached hydrogens (tertiary/aromatic N) is 3. The van der Waals surface area contributed by atoms with E-state index in [0.29, 0.717) is 26.1 Å². The van der Waals surface area contributed by atoms with Crippen LogP contribution in [-0.4, -0.2) is 38.7 Å². The average molecular weight is 305 g/mol. The van der Waals surface area contributed by atoms with Crippen LogP contribution in [0.5, 0.6) is 0 Å². The molecule has 0 atom stereocenters. The predicted octanol–water partition coefficient (Wildman–Crippen LogP) is 2.54. The standard InChI is InChI=1S/C16H23N3O3/c1-16(2,3)22-15(21)18-8-9-19-12(10-18)14-11(17-19)6-4-5-7-13(14)20/h4-10H2,1-3H3. The second-order valence-electron chi connectivity index (χ2n) is 7.02. The molecule has 0 N–H and O–H groups in total. The number of hydrogen-bond donors (Lipinski definition) is 0. The van der Waals surface area contributed by atoms with E-state index in [-0.39, 0.29) is 11.9 Å². The van der Waals surface area contributed by atoms with Gasteiger partial charge < -0.3 is 9.64 Å². The van der Waals surface area contributed by atoms with Crippen molar-refractivity contribution in [3.8, 4) is 0 Å². The molecule has 0 fully saturated rings. The van der Waals surface area contributed by atoms with Crippen LogP contribution in [0.4, 0.5) is 4.79 Å². The Kier molecular flexibility index (Phi) is 3.70. The van der Waals surface area contributed by atoms with Crippen molar-refractivity contribution in [2.45, 2.75) is 65.1 Å². The third-order valence-corrected chi connectivity index (χ3v) is 4.05. The van der Waals surface area contributed by atoms with Crippen molar-refractivity contribution in [2.24, 2.45) is 0 Å². The van der Waals surface area contributed by atoms with Gasteiger partial charge in [-0.15, -0.1) is 0 Å².